The van der Waals surface area contributed by atoms with E-state index in [0.29, 0.717) is 12.5 Å². The number of anilines is 1. The number of hydrazone groups is 1. The average molecular weight is 307 g/mol. The van der Waals surface area contributed by atoms with Gasteiger partial charge in [0, 0.05) is 11.4 Å². The van der Waals surface area contributed by atoms with Crippen molar-refractivity contribution in [2.75, 3.05) is 11.9 Å². The summed E-state index contributed by atoms with van der Waals surface area (Å²) in [5, 5.41) is 9.45. The van der Waals surface area contributed by atoms with Gasteiger partial charge in [0.25, 0.3) is 0 Å². The molecule has 0 radical (unpaired) electrons. The van der Waals surface area contributed by atoms with Crippen LogP contribution in [-0.2, 0) is 4.79 Å². The molecule has 0 bridgehead atoms. The Kier molecular flexibility index (Phi) is 4.42. The second-order valence-electron chi connectivity index (χ2n) is 5.97. The number of aryl methyl sites for hydroxylation is 1. The van der Waals surface area contributed by atoms with Crippen molar-refractivity contribution in [1.29, 1.82) is 0 Å². The number of rotatable bonds is 5. The SMILES string of the molecule is C/C(CC(=O)Nc1ccc(C)cc1)=N/N1CC1c1ccccc1. The summed E-state index contributed by atoms with van der Waals surface area (Å²) in [6.45, 7) is 4.84. The van der Waals surface area contributed by atoms with Gasteiger partial charge in [-0.15, -0.1) is 0 Å². The van der Waals surface area contributed by atoms with Gasteiger partial charge in [-0.3, -0.25) is 9.80 Å². The lowest BCUT2D eigenvalue weighted by Crippen LogP contribution is -2.15. The number of amides is 1. The van der Waals surface area contributed by atoms with Crippen molar-refractivity contribution in [3.05, 3.63) is 65.7 Å². The molecule has 2 aromatic carbocycles. The van der Waals surface area contributed by atoms with E-state index in [4.69, 9.17) is 0 Å². The number of hydrogen-bond acceptors (Lipinski definition) is 3. The van der Waals surface area contributed by atoms with Gasteiger partial charge < -0.3 is 5.32 Å². The van der Waals surface area contributed by atoms with Gasteiger partial charge in [-0.25, -0.2) is 0 Å². The zero-order chi connectivity index (χ0) is 16.2. The maximum Gasteiger partial charge on any atom is 0.230 e. The lowest BCUT2D eigenvalue weighted by atomic mass is 10.2. The van der Waals surface area contributed by atoms with Gasteiger partial charge in [0.15, 0.2) is 0 Å². The molecule has 0 aliphatic carbocycles. The van der Waals surface area contributed by atoms with Crippen molar-refractivity contribution in [1.82, 2.24) is 5.01 Å². The highest BCUT2D eigenvalue weighted by molar-refractivity contribution is 6.05. The topological polar surface area (TPSA) is 44.5 Å². The number of benzene rings is 2. The molecule has 118 valence electrons. The highest BCUT2D eigenvalue weighted by atomic mass is 16.1. The predicted octanol–water partition coefficient (Wildman–Crippen LogP) is 3.76. The Hall–Kier alpha value is -2.62. The zero-order valence-corrected chi connectivity index (χ0v) is 13.5. The van der Waals surface area contributed by atoms with Gasteiger partial charge in [0.2, 0.25) is 5.91 Å². The molecule has 1 N–H and O–H groups in total. The second-order valence-corrected chi connectivity index (χ2v) is 5.97. The molecule has 1 atom stereocenters. The molecule has 2 aromatic rings. The predicted molar refractivity (Wildman–Crippen MR) is 93.4 cm³/mol. The largest absolute Gasteiger partial charge is 0.326 e. The molecule has 0 spiro atoms. The smallest absolute Gasteiger partial charge is 0.230 e. The third-order valence-electron chi connectivity index (χ3n) is 3.82. The molecule has 1 saturated heterocycles. The van der Waals surface area contributed by atoms with E-state index in [9.17, 15) is 4.79 Å². The van der Waals surface area contributed by atoms with E-state index in [-0.39, 0.29) is 5.91 Å². The lowest BCUT2D eigenvalue weighted by molar-refractivity contribution is -0.115. The average Bonchev–Trinajstić information content (AvgIpc) is 3.29. The zero-order valence-electron chi connectivity index (χ0n) is 13.5. The third kappa shape index (κ3) is 4.19. The van der Waals surface area contributed by atoms with Crippen molar-refractivity contribution in [2.45, 2.75) is 26.3 Å². The summed E-state index contributed by atoms with van der Waals surface area (Å²) in [5.41, 5.74) is 4.10. The number of nitrogens with zero attached hydrogens (tertiary/aromatic N) is 2. The van der Waals surface area contributed by atoms with E-state index in [1.807, 2.05) is 61.3 Å². The van der Waals surface area contributed by atoms with Crippen molar-refractivity contribution >= 4 is 17.3 Å². The molecule has 23 heavy (non-hydrogen) atoms. The van der Waals surface area contributed by atoms with E-state index in [0.717, 1.165) is 17.9 Å². The van der Waals surface area contributed by atoms with Gasteiger partial charge >= 0.3 is 0 Å². The fraction of sp³-hybridized carbons (Fsp3) is 0.263. The van der Waals surface area contributed by atoms with E-state index < -0.39 is 0 Å². The number of nitrogens with one attached hydrogen (secondary N) is 1. The lowest BCUT2D eigenvalue weighted by Gasteiger charge is -2.06. The maximum absolute atomic E-state index is 12.1. The van der Waals surface area contributed by atoms with Gasteiger partial charge in [-0.2, -0.15) is 5.10 Å². The summed E-state index contributed by atoms with van der Waals surface area (Å²) < 4.78 is 0. The van der Waals surface area contributed by atoms with Crippen LogP contribution in [0.1, 0.15) is 30.5 Å². The molecule has 1 aliphatic heterocycles. The monoisotopic (exact) mass is 307 g/mol. The fourth-order valence-corrected chi connectivity index (χ4v) is 2.52. The van der Waals surface area contributed by atoms with E-state index in [1.54, 1.807) is 0 Å². The highest BCUT2D eigenvalue weighted by Gasteiger charge is 2.34. The number of hydrogen-bond donors (Lipinski definition) is 1. The molecule has 4 heteroatoms. The molecule has 1 fully saturated rings. The summed E-state index contributed by atoms with van der Waals surface area (Å²) >= 11 is 0. The first kappa shape index (κ1) is 15.3. The molecule has 1 unspecified atom stereocenters. The van der Waals surface area contributed by atoms with Crippen molar-refractivity contribution in [2.24, 2.45) is 5.10 Å². The second kappa shape index (κ2) is 6.65. The Bertz CT molecular complexity index is 707. The summed E-state index contributed by atoms with van der Waals surface area (Å²) in [4.78, 5) is 12.1. The van der Waals surface area contributed by atoms with Crippen LogP contribution in [0.3, 0.4) is 0 Å². The highest BCUT2D eigenvalue weighted by Crippen LogP contribution is 2.34. The molecule has 1 aliphatic rings. The van der Waals surface area contributed by atoms with E-state index in [2.05, 4.69) is 22.6 Å². The summed E-state index contributed by atoms with van der Waals surface area (Å²) in [6.07, 6.45) is 0.311. The normalized spacial score (nSPS) is 17.0. The van der Waals surface area contributed by atoms with Gasteiger partial charge in [-0.05, 0) is 31.5 Å². The van der Waals surface area contributed by atoms with Gasteiger partial charge in [0.1, 0.15) is 0 Å². The fourth-order valence-electron chi connectivity index (χ4n) is 2.52. The summed E-state index contributed by atoms with van der Waals surface area (Å²) in [7, 11) is 0. The third-order valence-corrected chi connectivity index (χ3v) is 3.82. The van der Waals surface area contributed by atoms with Crippen LogP contribution in [0.4, 0.5) is 5.69 Å². The van der Waals surface area contributed by atoms with Crippen molar-refractivity contribution < 1.29 is 4.79 Å². The maximum atomic E-state index is 12.1. The quantitative estimate of drug-likeness (QED) is 0.675. The number of carbonyl (C=O) groups excluding carboxylic acids is 1. The summed E-state index contributed by atoms with van der Waals surface area (Å²) in [5.74, 6) is -0.0341. The van der Waals surface area contributed by atoms with Crippen LogP contribution >= 0.6 is 0 Å². The van der Waals surface area contributed by atoms with Crippen molar-refractivity contribution in [3.8, 4) is 0 Å². The molecule has 3 rings (SSSR count). The van der Waals surface area contributed by atoms with Crippen LogP contribution in [0.15, 0.2) is 59.7 Å². The molecule has 4 nitrogen and oxygen atoms in total. The molecule has 0 saturated carbocycles. The van der Waals surface area contributed by atoms with Crippen LogP contribution in [0.5, 0.6) is 0 Å². The first-order valence-corrected chi connectivity index (χ1v) is 7.84. The Morgan fingerprint density at radius 1 is 1.17 bits per heavy atom. The molecular formula is C19H21N3O. The minimum absolute atomic E-state index is 0.0341. The van der Waals surface area contributed by atoms with Crippen LogP contribution in [-0.4, -0.2) is 23.2 Å². The van der Waals surface area contributed by atoms with E-state index in [1.165, 1.54) is 11.1 Å². The first-order valence-electron chi connectivity index (χ1n) is 7.84. The minimum atomic E-state index is -0.0341. The van der Waals surface area contributed by atoms with Gasteiger partial charge in [0.05, 0.1) is 19.0 Å². The first-order chi connectivity index (χ1) is 11.1. The molecule has 1 heterocycles. The Labute approximate surface area is 136 Å². The van der Waals surface area contributed by atoms with Crippen LogP contribution in [0.2, 0.25) is 0 Å². The van der Waals surface area contributed by atoms with Crippen LogP contribution in [0, 0.1) is 6.92 Å². The minimum Gasteiger partial charge on any atom is -0.326 e. The Morgan fingerprint density at radius 2 is 1.87 bits per heavy atom. The Balaban J connectivity index is 1.52. The van der Waals surface area contributed by atoms with Crippen molar-refractivity contribution in [3.63, 3.8) is 0 Å². The Morgan fingerprint density at radius 3 is 2.57 bits per heavy atom. The van der Waals surface area contributed by atoms with Crippen LogP contribution < -0.4 is 5.32 Å². The molecule has 1 amide bonds. The van der Waals surface area contributed by atoms with E-state index >= 15 is 0 Å². The summed E-state index contributed by atoms with van der Waals surface area (Å²) in [6, 6.07) is 18.5. The van der Waals surface area contributed by atoms with Gasteiger partial charge in [-0.1, -0.05) is 48.0 Å². The molecular weight excluding hydrogens is 286 g/mol. The molecule has 0 aromatic heterocycles. The standard InChI is InChI=1S/C19H21N3O/c1-14-8-10-17(11-9-14)20-19(23)12-15(2)21-22-13-18(22)16-6-4-3-5-7-16/h3-11,18H,12-13H2,1-2H3,(H,20,23)/b21-15-. The number of carbonyl (C=O) groups is 1. The van der Waals surface area contributed by atoms with Crippen LogP contribution in [0.25, 0.3) is 0 Å².